The van der Waals surface area contributed by atoms with Crippen molar-refractivity contribution in [3.63, 3.8) is 0 Å². The van der Waals surface area contributed by atoms with Crippen molar-refractivity contribution in [2.75, 3.05) is 16.4 Å². The van der Waals surface area contributed by atoms with E-state index >= 15 is 0 Å². The zero-order valence-corrected chi connectivity index (χ0v) is 18.4. The number of carbonyl (C=O) groups is 2. The minimum atomic E-state index is -0.267. The first-order valence-electron chi connectivity index (χ1n) is 10.4. The first-order chi connectivity index (χ1) is 16.2. The zero-order valence-electron chi connectivity index (χ0n) is 17.6. The van der Waals surface area contributed by atoms with Gasteiger partial charge in [0.2, 0.25) is 11.8 Å². The predicted octanol–water partition coefficient (Wildman–Crippen LogP) is 5.24. The fourth-order valence-corrected chi connectivity index (χ4v) is 4.34. The van der Waals surface area contributed by atoms with E-state index in [0.717, 1.165) is 27.4 Å². The van der Waals surface area contributed by atoms with Crippen molar-refractivity contribution in [1.82, 2.24) is 9.78 Å². The average Bonchev–Trinajstić information content (AvgIpc) is 3.28. The van der Waals surface area contributed by atoms with Gasteiger partial charge in [0.05, 0.1) is 22.8 Å². The van der Waals surface area contributed by atoms with Gasteiger partial charge in [-0.05, 0) is 36.4 Å². The Morgan fingerprint density at radius 2 is 1.79 bits per heavy atom. The normalized spacial score (nSPS) is 12.9. The Bertz CT molecular complexity index is 1350. The van der Waals surface area contributed by atoms with Gasteiger partial charge in [0, 0.05) is 34.0 Å². The molecule has 0 aliphatic carbocycles. The van der Waals surface area contributed by atoms with E-state index in [1.807, 2.05) is 83.7 Å². The molecule has 6 nitrogen and oxygen atoms in total. The maximum Gasteiger partial charge on any atom is 0.248 e. The Morgan fingerprint density at radius 1 is 1.03 bits per heavy atom. The van der Waals surface area contributed by atoms with Gasteiger partial charge in [-0.25, -0.2) is 4.68 Å². The number of nitrogens with zero attached hydrogens (tertiary/aromatic N) is 2. The van der Waals surface area contributed by atoms with Crippen molar-refractivity contribution in [3.8, 4) is 16.9 Å². The van der Waals surface area contributed by atoms with Crippen molar-refractivity contribution < 1.29 is 9.59 Å². The Kier molecular flexibility index (Phi) is 5.78. The number of para-hydroxylation sites is 1. The summed E-state index contributed by atoms with van der Waals surface area (Å²) in [5.41, 5.74) is 4.86. The topological polar surface area (TPSA) is 76.0 Å². The molecule has 0 saturated carbocycles. The van der Waals surface area contributed by atoms with E-state index in [-0.39, 0.29) is 11.8 Å². The smallest absolute Gasteiger partial charge is 0.248 e. The maximum absolute atomic E-state index is 12.6. The molecule has 4 aromatic rings. The highest BCUT2D eigenvalue weighted by atomic mass is 32.2. The Labute approximate surface area is 195 Å². The van der Waals surface area contributed by atoms with E-state index in [2.05, 4.69) is 10.6 Å². The van der Waals surface area contributed by atoms with Crippen LogP contribution >= 0.6 is 11.8 Å². The zero-order chi connectivity index (χ0) is 22.6. The second-order valence-corrected chi connectivity index (χ2v) is 8.47. The molecule has 1 aromatic heterocycles. The number of hydrogen-bond acceptors (Lipinski definition) is 4. The third-order valence-corrected chi connectivity index (χ3v) is 6.18. The molecule has 0 atom stereocenters. The van der Waals surface area contributed by atoms with E-state index in [0.29, 0.717) is 17.1 Å². The highest BCUT2D eigenvalue weighted by Crippen LogP contribution is 2.33. The van der Waals surface area contributed by atoms with Crippen LogP contribution in [0.15, 0.2) is 96.0 Å². The number of amides is 2. The van der Waals surface area contributed by atoms with Crippen LogP contribution in [0.5, 0.6) is 0 Å². The third kappa shape index (κ3) is 4.73. The Morgan fingerprint density at radius 3 is 2.58 bits per heavy atom. The van der Waals surface area contributed by atoms with Gasteiger partial charge in [0.25, 0.3) is 0 Å². The van der Waals surface area contributed by atoms with Crippen molar-refractivity contribution in [2.45, 2.75) is 4.90 Å². The van der Waals surface area contributed by atoms with Gasteiger partial charge < -0.3 is 10.6 Å². The molecule has 162 valence electrons. The van der Waals surface area contributed by atoms with Crippen LogP contribution in [0.3, 0.4) is 0 Å². The van der Waals surface area contributed by atoms with Gasteiger partial charge >= 0.3 is 0 Å². The number of nitrogens with one attached hydrogen (secondary N) is 2. The standard InChI is InChI=1S/C26H20N4O2S/c31-24(27-20-12-13-23-22(15-20)28-25(32)17-33-23)14-11-19-16-30(21-9-5-2-6-10-21)29-26(19)18-7-3-1-4-8-18/h1-16H,17H2,(H,27,31)(H,28,32). The lowest BCUT2D eigenvalue weighted by Crippen LogP contribution is -2.19. The molecule has 0 bridgehead atoms. The lowest BCUT2D eigenvalue weighted by Gasteiger charge is -2.17. The molecule has 0 radical (unpaired) electrons. The molecule has 3 aromatic carbocycles. The van der Waals surface area contributed by atoms with Crippen LogP contribution in [0, 0.1) is 0 Å². The van der Waals surface area contributed by atoms with Crippen molar-refractivity contribution in [3.05, 3.63) is 96.7 Å². The number of aromatic nitrogens is 2. The summed E-state index contributed by atoms with van der Waals surface area (Å²) >= 11 is 1.48. The number of anilines is 2. The van der Waals surface area contributed by atoms with E-state index in [1.54, 1.807) is 12.1 Å². The molecule has 2 N–H and O–H groups in total. The summed E-state index contributed by atoms with van der Waals surface area (Å²) in [4.78, 5) is 25.2. The van der Waals surface area contributed by atoms with E-state index in [9.17, 15) is 9.59 Å². The van der Waals surface area contributed by atoms with Gasteiger partial charge in [0.1, 0.15) is 0 Å². The summed E-state index contributed by atoms with van der Waals surface area (Å²) in [6.45, 7) is 0. The molecule has 0 fully saturated rings. The average molecular weight is 453 g/mol. The van der Waals surface area contributed by atoms with E-state index in [4.69, 9.17) is 5.10 Å². The minimum Gasteiger partial charge on any atom is -0.324 e. The summed E-state index contributed by atoms with van der Waals surface area (Å²) in [6, 6.07) is 25.2. The molecule has 2 heterocycles. The minimum absolute atomic E-state index is 0.0419. The van der Waals surface area contributed by atoms with Crippen LogP contribution in [0.25, 0.3) is 23.0 Å². The van der Waals surface area contributed by atoms with Crippen molar-refractivity contribution >= 4 is 41.0 Å². The molecule has 2 amide bonds. The van der Waals surface area contributed by atoms with Crippen LogP contribution in [0.4, 0.5) is 11.4 Å². The van der Waals surface area contributed by atoms with Crippen molar-refractivity contribution in [1.29, 1.82) is 0 Å². The molecule has 0 spiro atoms. The fraction of sp³-hybridized carbons (Fsp3) is 0.0385. The molecule has 1 aliphatic heterocycles. The van der Waals surface area contributed by atoms with Gasteiger partial charge in [-0.2, -0.15) is 5.10 Å². The molecule has 1 aliphatic rings. The summed E-state index contributed by atoms with van der Waals surface area (Å²) in [7, 11) is 0. The monoisotopic (exact) mass is 452 g/mol. The van der Waals surface area contributed by atoms with E-state index < -0.39 is 0 Å². The van der Waals surface area contributed by atoms with E-state index in [1.165, 1.54) is 17.8 Å². The van der Waals surface area contributed by atoms with Crippen LogP contribution in [0.1, 0.15) is 5.56 Å². The highest BCUT2D eigenvalue weighted by molar-refractivity contribution is 8.00. The first kappa shape index (κ1) is 20.8. The van der Waals surface area contributed by atoms with Crippen molar-refractivity contribution in [2.24, 2.45) is 0 Å². The quantitative estimate of drug-likeness (QED) is 0.406. The number of fused-ring (bicyclic) bond motifs is 1. The number of benzene rings is 3. The maximum atomic E-state index is 12.6. The molecule has 7 heteroatoms. The first-order valence-corrected chi connectivity index (χ1v) is 11.4. The van der Waals surface area contributed by atoms with Crippen LogP contribution in [-0.2, 0) is 9.59 Å². The molecular formula is C26H20N4O2S. The fourth-order valence-electron chi connectivity index (χ4n) is 3.55. The lowest BCUT2D eigenvalue weighted by molar-refractivity contribution is -0.114. The van der Waals surface area contributed by atoms with Gasteiger partial charge in [-0.1, -0.05) is 48.5 Å². The number of carbonyl (C=O) groups excluding carboxylic acids is 2. The number of rotatable bonds is 5. The molecule has 33 heavy (non-hydrogen) atoms. The molecule has 0 saturated heterocycles. The van der Waals surface area contributed by atoms with Gasteiger partial charge in [0.15, 0.2) is 0 Å². The molecular weight excluding hydrogens is 432 g/mol. The lowest BCUT2D eigenvalue weighted by atomic mass is 10.1. The van der Waals surface area contributed by atoms with Crippen LogP contribution < -0.4 is 10.6 Å². The summed E-state index contributed by atoms with van der Waals surface area (Å²) < 4.78 is 1.81. The predicted molar refractivity (Wildman–Crippen MR) is 132 cm³/mol. The van der Waals surface area contributed by atoms with Crippen LogP contribution in [0.2, 0.25) is 0 Å². The summed E-state index contributed by atoms with van der Waals surface area (Å²) in [5, 5.41) is 10.5. The largest absolute Gasteiger partial charge is 0.324 e. The van der Waals surface area contributed by atoms with Crippen LogP contribution in [-0.4, -0.2) is 27.3 Å². The Hall–Kier alpha value is -4.10. The Balaban J connectivity index is 1.39. The van der Waals surface area contributed by atoms with Gasteiger partial charge in [-0.15, -0.1) is 11.8 Å². The number of hydrogen-bond donors (Lipinski definition) is 2. The third-order valence-electron chi connectivity index (χ3n) is 5.10. The second-order valence-electron chi connectivity index (χ2n) is 7.45. The number of thioether (sulfide) groups is 1. The summed E-state index contributed by atoms with van der Waals surface area (Å²) in [5.74, 6) is 0.0953. The summed E-state index contributed by atoms with van der Waals surface area (Å²) in [6.07, 6.45) is 5.17. The van der Waals surface area contributed by atoms with Gasteiger partial charge in [-0.3, -0.25) is 9.59 Å². The highest BCUT2D eigenvalue weighted by Gasteiger charge is 2.16. The SMILES string of the molecule is O=C(C=Cc1cn(-c2ccccc2)nc1-c1ccccc1)Nc1ccc2c(c1)NC(=O)CS2. The second kappa shape index (κ2) is 9.18. The molecule has 5 rings (SSSR count). The molecule has 0 unspecified atom stereocenters.